The van der Waals surface area contributed by atoms with Crippen LogP contribution in [0, 0.1) is 0 Å². The van der Waals surface area contributed by atoms with E-state index in [0.29, 0.717) is 18.0 Å². The molecule has 4 nitrogen and oxygen atoms in total. The van der Waals surface area contributed by atoms with Crippen LogP contribution in [0.1, 0.15) is 37.7 Å². The largest absolute Gasteiger partial charge is 0.334 e. The smallest absolute Gasteiger partial charge is 0.240 e. The summed E-state index contributed by atoms with van der Waals surface area (Å²) in [5, 5.41) is 3.50. The average Bonchev–Trinajstić information content (AvgIpc) is 3.11. The van der Waals surface area contributed by atoms with Gasteiger partial charge in [0.15, 0.2) is 0 Å². The second-order valence-corrected chi connectivity index (χ2v) is 7.24. The summed E-state index contributed by atoms with van der Waals surface area (Å²) < 4.78 is 0. The first-order valence-corrected chi connectivity index (χ1v) is 9.14. The number of likely N-dealkylation sites (tertiary alicyclic amines) is 1. The second-order valence-electron chi connectivity index (χ2n) is 7.24. The van der Waals surface area contributed by atoms with Crippen molar-refractivity contribution in [3.63, 3.8) is 0 Å². The summed E-state index contributed by atoms with van der Waals surface area (Å²) in [6.07, 6.45) is 5.66. The third kappa shape index (κ3) is 4.30. The predicted octanol–water partition coefficient (Wildman–Crippen LogP) is 2.85. The van der Waals surface area contributed by atoms with E-state index in [4.69, 9.17) is 0 Å². The van der Waals surface area contributed by atoms with E-state index < -0.39 is 0 Å². The van der Waals surface area contributed by atoms with Crippen LogP contribution in [0.4, 0.5) is 0 Å². The quantitative estimate of drug-likeness (QED) is 0.868. The Morgan fingerprint density at radius 3 is 2.60 bits per heavy atom. The van der Waals surface area contributed by atoms with Crippen LogP contribution in [0.25, 0.3) is 0 Å². The van der Waals surface area contributed by atoms with E-state index in [1.54, 1.807) is 0 Å². The minimum Gasteiger partial charge on any atom is -0.334 e. The summed E-state index contributed by atoms with van der Waals surface area (Å²) in [5.41, 5.74) is 1.31. The van der Waals surface area contributed by atoms with Gasteiger partial charge in [-0.25, -0.2) is 0 Å². The maximum atomic E-state index is 13.3. The van der Waals surface area contributed by atoms with Gasteiger partial charge < -0.3 is 10.2 Å². The zero-order valence-corrected chi connectivity index (χ0v) is 16.2. The average molecular weight is 386 g/mol. The Hall–Kier alpha value is -0.810. The molecule has 4 rings (SSSR count). The minimum atomic E-state index is 0. The number of hydrogen-bond acceptors (Lipinski definition) is 3. The molecule has 1 aromatic rings. The van der Waals surface area contributed by atoms with Gasteiger partial charge in [-0.05, 0) is 50.8 Å². The Bertz CT molecular complexity index is 543. The summed E-state index contributed by atoms with van der Waals surface area (Å²) in [6, 6.07) is 11.6. The van der Waals surface area contributed by atoms with Gasteiger partial charge in [-0.2, -0.15) is 0 Å². The Morgan fingerprint density at radius 1 is 1.04 bits per heavy atom. The lowest BCUT2D eigenvalue weighted by Gasteiger charge is -2.33. The summed E-state index contributed by atoms with van der Waals surface area (Å²) >= 11 is 0. The first-order valence-electron chi connectivity index (χ1n) is 9.14. The fourth-order valence-corrected chi connectivity index (χ4v) is 4.63. The molecule has 3 heterocycles. The number of halogens is 2. The normalized spacial score (nSPS) is 28.8. The van der Waals surface area contributed by atoms with Gasteiger partial charge in [-0.3, -0.25) is 9.69 Å². The molecule has 140 valence electrons. The lowest BCUT2D eigenvalue weighted by Crippen LogP contribution is -2.50. The molecule has 0 saturated carbocycles. The lowest BCUT2D eigenvalue weighted by atomic mass is 10.1. The highest BCUT2D eigenvalue weighted by molar-refractivity contribution is 5.85. The maximum Gasteiger partial charge on any atom is 0.240 e. The molecule has 0 radical (unpaired) electrons. The Balaban J connectivity index is 0.00000113. The molecular formula is C19H29Cl2N3O. The van der Waals surface area contributed by atoms with E-state index in [0.717, 1.165) is 45.4 Å². The van der Waals surface area contributed by atoms with Crippen molar-refractivity contribution in [1.29, 1.82) is 0 Å². The summed E-state index contributed by atoms with van der Waals surface area (Å²) in [7, 11) is 0. The molecule has 3 unspecified atom stereocenters. The van der Waals surface area contributed by atoms with Crippen LogP contribution in [0.2, 0.25) is 0 Å². The number of benzene rings is 1. The van der Waals surface area contributed by atoms with Crippen LogP contribution < -0.4 is 5.32 Å². The summed E-state index contributed by atoms with van der Waals surface area (Å²) in [4.78, 5) is 17.9. The van der Waals surface area contributed by atoms with Gasteiger partial charge in [0.1, 0.15) is 0 Å². The molecule has 3 atom stereocenters. The van der Waals surface area contributed by atoms with E-state index in [9.17, 15) is 4.79 Å². The molecule has 0 aromatic heterocycles. The van der Waals surface area contributed by atoms with Gasteiger partial charge in [0.2, 0.25) is 5.91 Å². The van der Waals surface area contributed by atoms with E-state index >= 15 is 0 Å². The highest BCUT2D eigenvalue weighted by Crippen LogP contribution is 2.31. The van der Waals surface area contributed by atoms with E-state index in [-0.39, 0.29) is 30.9 Å². The van der Waals surface area contributed by atoms with Gasteiger partial charge in [-0.15, -0.1) is 24.8 Å². The lowest BCUT2D eigenvalue weighted by molar-refractivity contribution is -0.138. The van der Waals surface area contributed by atoms with Crippen LogP contribution in [0.3, 0.4) is 0 Å². The van der Waals surface area contributed by atoms with Crippen molar-refractivity contribution in [2.45, 2.75) is 56.8 Å². The second kappa shape index (κ2) is 9.22. The molecule has 0 spiro atoms. The molecule has 3 fully saturated rings. The molecule has 0 aliphatic carbocycles. The molecule has 3 aliphatic heterocycles. The van der Waals surface area contributed by atoms with Crippen LogP contribution >= 0.6 is 24.8 Å². The van der Waals surface area contributed by atoms with Gasteiger partial charge in [0, 0.05) is 25.2 Å². The standard InChI is InChI=1S/C19H27N3O.2ClH/c23-19(22-16-8-9-17(22)13-20-11-10-16)18-7-4-12-21(18)14-15-5-2-1-3-6-15;;/h1-3,5-6,16-18,20H,4,7-14H2;2*1H. The monoisotopic (exact) mass is 385 g/mol. The number of nitrogens with zero attached hydrogens (tertiary/aromatic N) is 2. The van der Waals surface area contributed by atoms with Crippen molar-refractivity contribution in [3.05, 3.63) is 35.9 Å². The highest BCUT2D eigenvalue weighted by Gasteiger charge is 2.42. The van der Waals surface area contributed by atoms with Crippen molar-refractivity contribution in [2.75, 3.05) is 19.6 Å². The molecule has 6 heteroatoms. The predicted molar refractivity (Wildman–Crippen MR) is 106 cm³/mol. The van der Waals surface area contributed by atoms with E-state index in [1.165, 1.54) is 18.4 Å². The zero-order valence-electron chi connectivity index (χ0n) is 14.6. The summed E-state index contributed by atoms with van der Waals surface area (Å²) in [6.45, 7) is 3.99. The van der Waals surface area contributed by atoms with E-state index in [2.05, 4.69) is 45.4 Å². The van der Waals surface area contributed by atoms with Crippen LogP contribution in [0.5, 0.6) is 0 Å². The SMILES string of the molecule is Cl.Cl.O=C(C1CCCN1Cc1ccccc1)N1C2CCNCC1CC2. The number of carbonyl (C=O) groups is 1. The molecule has 3 saturated heterocycles. The van der Waals surface area contributed by atoms with Crippen molar-refractivity contribution in [1.82, 2.24) is 15.1 Å². The molecule has 2 bridgehead atoms. The molecule has 1 N–H and O–H groups in total. The topological polar surface area (TPSA) is 35.6 Å². The highest BCUT2D eigenvalue weighted by atomic mass is 35.5. The Morgan fingerprint density at radius 2 is 1.80 bits per heavy atom. The fraction of sp³-hybridized carbons (Fsp3) is 0.632. The zero-order chi connectivity index (χ0) is 15.6. The van der Waals surface area contributed by atoms with Crippen molar-refractivity contribution < 1.29 is 4.79 Å². The maximum absolute atomic E-state index is 13.3. The molecule has 25 heavy (non-hydrogen) atoms. The third-order valence-corrected chi connectivity index (χ3v) is 5.79. The van der Waals surface area contributed by atoms with Crippen LogP contribution in [-0.4, -0.2) is 53.5 Å². The Kier molecular flexibility index (Phi) is 7.56. The van der Waals surface area contributed by atoms with Gasteiger partial charge in [0.05, 0.1) is 6.04 Å². The Labute approximate surface area is 163 Å². The van der Waals surface area contributed by atoms with E-state index in [1.807, 2.05) is 0 Å². The van der Waals surface area contributed by atoms with Crippen LogP contribution in [-0.2, 0) is 11.3 Å². The van der Waals surface area contributed by atoms with Gasteiger partial charge in [0.25, 0.3) is 0 Å². The van der Waals surface area contributed by atoms with Crippen LogP contribution in [0.15, 0.2) is 30.3 Å². The molecule has 1 aromatic carbocycles. The van der Waals surface area contributed by atoms with Gasteiger partial charge >= 0.3 is 0 Å². The minimum absolute atomic E-state index is 0. The van der Waals surface area contributed by atoms with Crippen molar-refractivity contribution in [2.24, 2.45) is 0 Å². The molecular weight excluding hydrogens is 357 g/mol. The number of nitrogens with one attached hydrogen (secondary N) is 1. The fourth-order valence-electron chi connectivity index (χ4n) is 4.63. The molecule has 3 aliphatic rings. The van der Waals surface area contributed by atoms with Gasteiger partial charge in [-0.1, -0.05) is 30.3 Å². The number of rotatable bonds is 3. The first kappa shape index (κ1) is 20.5. The van der Waals surface area contributed by atoms with Crippen molar-refractivity contribution >= 4 is 30.7 Å². The number of carbonyl (C=O) groups excluding carboxylic acids is 1. The molecule has 1 amide bonds. The first-order chi connectivity index (χ1) is 11.3. The van der Waals surface area contributed by atoms with Crippen molar-refractivity contribution in [3.8, 4) is 0 Å². The third-order valence-electron chi connectivity index (χ3n) is 5.79. The number of hydrogen-bond donors (Lipinski definition) is 1. The number of amides is 1. The number of fused-ring (bicyclic) bond motifs is 2. The summed E-state index contributed by atoms with van der Waals surface area (Å²) in [5.74, 6) is 0.398.